The normalized spacial score (nSPS) is 23.1. The van der Waals surface area contributed by atoms with Gasteiger partial charge in [-0.3, -0.25) is 9.46 Å². The Morgan fingerprint density at radius 2 is 1.93 bits per heavy atom. The second-order valence-corrected chi connectivity index (χ2v) is 10.7. The third-order valence-electron chi connectivity index (χ3n) is 6.03. The summed E-state index contributed by atoms with van der Waals surface area (Å²) in [6.45, 7) is 6.28. The van der Waals surface area contributed by atoms with Gasteiger partial charge in [-0.1, -0.05) is 30.3 Å². The zero-order chi connectivity index (χ0) is 22.2. The van der Waals surface area contributed by atoms with E-state index in [9.17, 15) is 19.3 Å². The van der Waals surface area contributed by atoms with E-state index in [0.717, 1.165) is 19.3 Å². The molecule has 2 rings (SSSR count). The van der Waals surface area contributed by atoms with Crippen LogP contribution >= 0.6 is 7.37 Å². The summed E-state index contributed by atoms with van der Waals surface area (Å²) < 4.78 is 18.5. The number of amides is 3. The van der Waals surface area contributed by atoms with Crippen molar-refractivity contribution in [2.45, 2.75) is 58.9 Å². The Balaban J connectivity index is 2.05. The molecule has 0 aliphatic carbocycles. The molecule has 2 unspecified atom stereocenters. The Bertz CT molecular complexity index is 757. The lowest BCUT2D eigenvalue weighted by Gasteiger charge is -2.35. The predicted molar refractivity (Wildman–Crippen MR) is 118 cm³/mol. The topological polar surface area (TPSA) is 83.9 Å². The van der Waals surface area contributed by atoms with Crippen molar-refractivity contribution in [3.8, 4) is 0 Å². The molecular weight excluding hydrogens is 403 g/mol. The van der Waals surface area contributed by atoms with Gasteiger partial charge in [-0.05, 0) is 45.6 Å². The van der Waals surface area contributed by atoms with Gasteiger partial charge in [0.05, 0.1) is 13.2 Å². The fraction of sp³-hybridized carbons (Fsp3) is 0.636. The summed E-state index contributed by atoms with van der Waals surface area (Å²) in [5.74, 6) is 0. The van der Waals surface area contributed by atoms with Crippen LogP contribution in [0.25, 0.3) is 0 Å². The maximum Gasteiger partial charge on any atom is 0.523 e. The van der Waals surface area contributed by atoms with Crippen LogP contribution in [0, 0.1) is 0 Å². The summed E-state index contributed by atoms with van der Waals surface area (Å²) in [6.07, 6.45) is 3.14. The number of carbonyl (C=O) groups is 2. The van der Waals surface area contributed by atoms with Crippen molar-refractivity contribution < 1.29 is 28.3 Å². The smallest absolute Gasteiger partial charge is 0.435 e. The number of urea groups is 1. The molecule has 8 heteroatoms. The van der Waals surface area contributed by atoms with Gasteiger partial charge in [0.2, 0.25) is 7.37 Å². The molecule has 1 aromatic rings. The van der Waals surface area contributed by atoms with Crippen molar-refractivity contribution in [1.29, 1.82) is 0 Å². The van der Waals surface area contributed by atoms with E-state index < -0.39 is 24.0 Å². The number of nitrogens with zero attached hydrogens (tertiary/aromatic N) is 2. The molecule has 0 spiro atoms. The summed E-state index contributed by atoms with van der Waals surface area (Å²) in [5.41, 5.74) is 1.24. The molecule has 0 bridgehead atoms. The molecule has 1 saturated heterocycles. The molecule has 1 aliphatic heterocycles. The minimum absolute atomic E-state index is 0.0263. The molecule has 1 aliphatic rings. The van der Waals surface area contributed by atoms with Gasteiger partial charge in [0.1, 0.15) is 12.3 Å². The van der Waals surface area contributed by atoms with E-state index in [1.165, 1.54) is 10.5 Å². The Hall–Kier alpha value is -1.69. The summed E-state index contributed by atoms with van der Waals surface area (Å²) >= 11 is 0. The Morgan fingerprint density at radius 1 is 1.23 bits per heavy atom. The molecule has 0 saturated carbocycles. The highest BCUT2D eigenvalue weighted by molar-refractivity contribution is 7.58. The molecule has 0 aromatic heterocycles. The molecule has 30 heavy (non-hydrogen) atoms. The van der Waals surface area contributed by atoms with Gasteiger partial charge in [0.25, 0.3) is 0 Å². The van der Waals surface area contributed by atoms with Gasteiger partial charge in [0, 0.05) is 25.5 Å². The highest BCUT2D eigenvalue weighted by atomic mass is 31.2. The standard InChI is InChI=1S/C22H35N2O5P/c1-4-23(21(25)24(22(26)27)16-11-12-19(24)3)18-30(28,29-5-2)17-10-9-15-20-13-7-6-8-14-20/h6-8,13-14,19H,4-5,9-12,15-18H2,1-3H3/p+1/t19-,24?,30?/m1/s1. The number of carboxylic acid groups (broad SMARTS) is 1. The third kappa shape index (κ3) is 5.71. The highest BCUT2D eigenvalue weighted by Crippen LogP contribution is 2.49. The number of hydrogen-bond donors (Lipinski definition) is 1. The number of benzene rings is 1. The first-order valence-electron chi connectivity index (χ1n) is 11.0. The first-order valence-corrected chi connectivity index (χ1v) is 13.0. The average molecular weight is 440 g/mol. The number of aryl methyl sites for hydroxylation is 1. The Kier molecular flexibility index (Phi) is 9.08. The monoisotopic (exact) mass is 439 g/mol. The Morgan fingerprint density at radius 3 is 2.47 bits per heavy atom. The molecule has 1 aromatic carbocycles. The first-order chi connectivity index (χ1) is 14.3. The van der Waals surface area contributed by atoms with E-state index >= 15 is 0 Å². The van der Waals surface area contributed by atoms with E-state index in [2.05, 4.69) is 12.1 Å². The van der Waals surface area contributed by atoms with E-state index in [1.54, 1.807) is 20.8 Å². The van der Waals surface area contributed by atoms with E-state index in [4.69, 9.17) is 4.52 Å². The molecule has 1 fully saturated rings. The SMILES string of the molecule is CCOP(=O)(CCCCc1ccccc1)CN(CC)C(=O)[N+]1(C(=O)O)CCC[C@H]1C. The molecule has 168 valence electrons. The number of hydrogen-bond acceptors (Lipinski definition) is 4. The minimum atomic E-state index is -3.09. The molecule has 3 amide bonds. The number of rotatable bonds is 10. The van der Waals surface area contributed by atoms with Crippen LogP contribution in [0.5, 0.6) is 0 Å². The summed E-state index contributed by atoms with van der Waals surface area (Å²) in [5, 5.41) is 9.86. The minimum Gasteiger partial charge on any atom is -0.435 e. The van der Waals surface area contributed by atoms with Crippen LogP contribution in [0.4, 0.5) is 9.59 Å². The lowest BCUT2D eigenvalue weighted by molar-refractivity contribution is -0.791. The zero-order valence-corrected chi connectivity index (χ0v) is 19.4. The van der Waals surface area contributed by atoms with Crippen molar-refractivity contribution in [1.82, 2.24) is 4.90 Å². The fourth-order valence-electron chi connectivity index (χ4n) is 4.27. The summed E-state index contributed by atoms with van der Waals surface area (Å²) in [6, 6.07) is 9.38. The lowest BCUT2D eigenvalue weighted by atomic mass is 10.1. The number of quaternary nitrogens is 1. The van der Waals surface area contributed by atoms with Crippen molar-refractivity contribution in [2.24, 2.45) is 0 Å². The maximum absolute atomic E-state index is 13.5. The van der Waals surface area contributed by atoms with E-state index in [0.29, 0.717) is 32.2 Å². The quantitative estimate of drug-likeness (QED) is 0.300. The summed E-state index contributed by atoms with van der Waals surface area (Å²) in [7, 11) is -3.09. The van der Waals surface area contributed by atoms with Crippen LogP contribution in [0.2, 0.25) is 0 Å². The van der Waals surface area contributed by atoms with E-state index in [1.807, 2.05) is 18.2 Å². The van der Waals surface area contributed by atoms with Crippen LogP contribution < -0.4 is 0 Å². The van der Waals surface area contributed by atoms with Crippen molar-refractivity contribution in [3.05, 3.63) is 35.9 Å². The maximum atomic E-state index is 13.5. The van der Waals surface area contributed by atoms with Crippen molar-refractivity contribution in [2.75, 3.05) is 32.1 Å². The third-order valence-corrected chi connectivity index (χ3v) is 8.53. The second kappa shape index (κ2) is 11.1. The Labute approximate surface area is 180 Å². The van der Waals surface area contributed by atoms with Crippen LogP contribution in [0.15, 0.2) is 30.3 Å². The van der Waals surface area contributed by atoms with Crippen LogP contribution in [-0.4, -0.2) is 64.8 Å². The van der Waals surface area contributed by atoms with Gasteiger partial charge >= 0.3 is 12.1 Å². The molecule has 1 N–H and O–H groups in total. The van der Waals surface area contributed by atoms with Gasteiger partial charge in [0.15, 0.2) is 0 Å². The largest absolute Gasteiger partial charge is 0.523 e. The van der Waals surface area contributed by atoms with Gasteiger partial charge in [-0.25, -0.2) is 4.79 Å². The van der Waals surface area contributed by atoms with Crippen LogP contribution in [0.1, 0.15) is 52.0 Å². The van der Waals surface area contributed by atoms with Crippen molar-refractivity contribution in [3.63, 3.8) is 0 Å². The summed E-state index contributed by atoms with van der Waals surface area (Å²) in [4.78, 5) is 26.8. The molecule has 1 heterocycles. The average Bonchev–Trinajstić information content (AvgIpc) is 3.12. The van der Waals surface area contributed by atoms with Gasteiger partial charge < -0.3 is 9.63 Å². The van der Waals surface area contributed by atoms with Gasteiger partial charge in [-0.2, -0.15) is 4.79 Å². The lowest BCUT2D eigenvalue weighted by Crippen LogP contribution is -2.63. The number of likely N-dealkylation sites (tertiary alicyclic amines) is 1. The van der Waals surface area contributed by atoms with Crippen LogP contribution in [0.3, 0.4) is 0 Å². The molecule has 3 atom stereocenters. The molecule has 7 nitrogen and oxygen atoms in total. The van der Waals surface area contributed by atoms with Crippen molar-refractivity contribution >= 4 is 19.5 Å². The molecule has 0 radical (unpaired) electrons. The highest BCUT2D eigenvalue weighted by Gasteiger charge is 2.55. The van der Waals surface area contributed by atoms with Gasteiger partial charge in [-0.15, -0.1) is 4.48 Å². The first kappa shape index (κ1) is 24.6. The number of carbonyl (C=O) groups excluding carboxylic acids is 1. The predicted octanol–water partition coefficient (Wildman–Crippen LogP) is 5.40. The second-order valence-electron chi connectivity index (χ2n) is 8.04. The van der Waals surface area contributed by atoms with Crippen LogP contribution in [-0.2, 0) is 15.5 Å². The number of imide groups is 1. The molecular formula is C22H36N2O5P+. The number of unbranched alkanes of at least 4 members (excludes halogenated alkanes) is 1. The zero-order valence-electron chi connectivity index (χ0n) is 18.5. The fourth-order valence-corrected chi connectivity index (χ4v) is 6.64. The van der Waals surface area contributed by atoms with E-state index in [-0.39, 0.29) is 18.9 Å².